The average Bonchev–Trinajstić information content (AvgIpc) is 2.48. The third-order valence-corrected chi connectivity index (χ3v) is 3.58. The number of rotatable bonds is 2. The van der Waals surface area contributed by atoms with Crippen LogP contribution in [0, 0.1) is 0 Å². The molecule has 2 amide bonds. The number of fused-ring (bicyclic) bond motifs is 1. The number of carboxylic acids is 1. The average molecular weight is 301 g/mol. The van der Waals surface area contributed by atoms with Crippen LogP contribution in [0.4, 0.5) is 0 Å². The summed E-state index contributed by atoms with van der Waals surface area (Å²) in [6.07, 6.45) is 1.58. The van der Waals surface area contributed by atoms with Crippen molar-refractivity contribution in [3.63, 3.8) is 0 Å². The molecule has 8 heteroatoms. The molecule has 0 bridgehead atoms. The summed E-state index contributed by atoms with van der Waals surface area (Å²) >= 11 is 0. The van der Waals surface area contributed by atoms with Crippen LogP contribution < -0.4 is 10.9 Å². The Morgan fingerprint density at radius 1 is 1.32 bits per heavy atom. The first-order valence-corrected chi connectivity index (χ1v) is 6.55. The van der Waals surface area contributed by atoms with Gasteiger partial charge in [-0.3, -0.25) is 24.3 Å². The molecule has 0 radical (unpaired) electrons. The molecule has 8 nitrogen and oxygen atoms in total. The zero-order valence-electron chi connectivity index (χ0n) is 11.3. The minimum absolute atomic E-state index is 0.0348. The minimum Gasteiger partial charge on any atom is -0.478 e. The Kier molecular flexibility index (Phi) is 3.21. The number of aromatic nitrogens is 2. The number of benzene rings is 1. The number of imide groups is 1. The number of carbonyl (C=O) groups is 3. The number of aromatic carboxylic acids is 1. The molecule has 2 aromatic rings. The van der Waals surface area contributed by atoms with Crippen LogP contribution in [-0.4, -0.2) is 32.4 Å². The molecule has 1 aliphatic heterocycles. The van der Waals surface area contributed by atoms with Gasteiger partial charge in [-0.25, -0.2) is 9.78 Å². The van der Waals surface area contributed by atoms with Gasteiger partial charge >= 0.3 is 5.97 Å². The summed E-state index contributed by atoms with van der Waals surface area (Å²) in [6.45, 7) is 0. The maximum atomic E-state index is 12.5. The number of amides is 2. The highest BCUT2D eigenvalue weighted by atomic mass is 16.4. The van der Waals surface area contributed by atoms with E-state index in [2.05, 4.69) is 10.3 Å². The van der Waals surface area contributed by atoms with Gasteiger partial charge in [-0.1, -0.05) is 0 Å². The maximum absolute atomic E-state index is 12.5. The van der Waals surface area contributed by atoms with E-state index in [1.807, 2.05) is 0 Å². The fourth-order valence-electron chi connectivity index (χ4n) is 2.44. The Balaban J connectivity index is 2.13. The second-order valence-electron chi connectivity index (χ2n) is 4.96. The summed E-state index contributed by atoms with van der Waals surface area (Å²) in [6, 6.07) is 3.20. The van der Waals surface area contributed by atoms with Gasteiger partial charge in [0.25, 0.3) is 5.56 Å². The normalized spacial score (nSPS) is 18.3. The van der Waals surface area contributed by atoms with Gasteiger partial charge < -0.3 is 5.11 Å². The molecule has 1 unspecified atom stereocenters. The smallest absolute Gasteiger partial charge is 0.335 e. The van der Waals surface area contributed by atoms with E-state index in [0.717, 1.165) is 4.57 Å². The van der Waals surface area contributed by atoms with Gasteiger partial charge in [-0.2, -0.15) is 0 Å². The number of nitrogens with one attached hydrogen (secondary N) is 1. The van der Waals surface area contributed by atoms with Crippen molar-refractivity contribution in [2.45, 2.75) is 18.9 Å². The quantitative estimate of drug-likeness (QED) is 0.758. The number of hydrogen-bond acceptors (Lipinski definition) is 5. The lowest BCUT2D eigenvalue weighted by Gasteiger charge is -2.22. The monoisotopic (exact) mass is 301 g/mol. The molecular weight excluding hydrogens is 290 g/mol. The van der Waals surface area contributed by atoms with Gasteiger partial charge in [0.2, 0.25) is 11.8 Å². The molecule has 0 saturated carbocycles. The second kappa shape index (κ2) is 5.06. The van der Waals surface area contributed by atoms with Crippen molar-refractivity contribution in [3.8, 4) is 0 Å². The van der Waals surface area contributed by atoms with Crippen LogP contribution >= 0.6 is 0 Å². The van der Waals surface area contributed by atoms with Crippen LogP contribution in [0.5, 0.6) is 0 Å². The molecule has 0 spiro atoms. The van der Waals surface area contributed by atoms with Crippen LogP contribution in [0.3, 0.4) is 0 Å². The molecule has 1 aromatic carbocycles. The second-order valence-corrected chi connectivity index (χ2v) is 4.96. The van der Waals surface area contributed by atoms with Crippen LogP contribution in [0.2, 0.25) is 0 Å². The minimum atomic E-state index is -1.15. The summed E-state index contributed by atoms with van der Waals surface area (Å²) < 4.78 is 1.13. The largest absolute Gasteiger partial charge is 0.478 e. The molecule has 1 saturated heterocycles. The van der Waals surface area contributed by atoms with Crippen LogP contribution in [-0.2, 0) is 9.59 Å². The zero-order valence-corrected chi connectivity index (χ0v) is 11.3. The van der Waals surface area contributed by atoms with Gasteiger partial charge in [0, 0.05) is 6.42 Å². The third kappa shape index (κ3) is 2.24. The Bertz CT molecular complexity index is 870. The van der Waals surface area contributed by atoms with Crippen molar-refractivity contribution < 1.29 is 19.5 Å². The van der Waals surface area contributed by atoms with Crippen LogP contribution in [0.15, 0.2) is 29.3 Å². The van der Waals surface area contributed by atoms with Gasteiger partial charge in [0.05, 0.1) is 22.8 Å². The SMILES string of the molecule is O=C1CCC(n2cnc3ccc(C(=O)O)cc3c2=O)C(=O)N1. The van der Waals surface area contributed by atoms with Crippen molar-refractivity contribution in [2.24, 2.45) is 0 Å². The molecule has 22 heavy (non-hydrogen) atoms. The lowest BCUT2D eigenvalue weighted by atomic mass is 10.1. The highest BCUT2D eigenvalue weighted by Gasteiger charge is 2.29. The first-order valence-electron chi connectivity index (χ1n) is 6.55. The predicted octanol–water partition coefficient (Wildman–Crippen LogP) is 0.0724. The standard InChI is InChI=1S/C14H11N3O5/c18-11-4-3-10(12(19)16-11)17-6-15-9-2-1-7(14(21)22)5-8(9)13(17)20/h1-2,5-6,10H,3-4H2,(H,21,22)(H,16,18,19). The van der Waals surface area contributed by atoms with Crippen molar-refractivity contribution in [1.82, 2.24) is 14.9 Å². The van der Waals surface area contributed by atoms with Crippen LogP contribution in [0.25, 0.3) is 10.9 Å². The topological polar surface area (TPSA) is 118 Å². The number of piperidine rings is 1. The van der Waals surface area contributed by atoms with E-state index >= 15 is 0 Å². The number of carbonyl (C=O) groups excluding carboxylic acids is 2. The van der Waals surface area contributed by atoms with E-state index in [9.17, 15) is 19.2 Å². The Morgan fingerprint density at radius 2 is 2.09 bits per heavy atom. The fraction of sp³-hybridized carbons (Fsp3) is 0.214. The molecule has 1 aromatic heterocycles. The molecule has 2 heterocycles. The van der Waals surface area contributed by atoms with E-state index in [1.165, 1.54) is 24.5 Å². The highest BCUT2D eigenvalue weighted by molar-refractivity contribution is 5.99. The fourth-order valence-corrected chi connectivity index (χ4v) is 2.44. The molecule has 1 aliphatic rings. The van der Waals surface area contributed by atoms with E-state index < -0.39 is 23.5 Å². The number of hydrogen-bond donors (Lipinski definition) is 2. The molecule has 1 atom stereocenters. The number of carboxylic acid groups (broad SMARTS) is 1. The summed E-state index contributed by atoms with van der Waals surface area (Å²) in [4.78, 5) is 50.6. The van der Waals surface area contributed by atoms with E-state index in [4.69, 9.17) is 5.11 Å². The summed E-state index contributed by atoms with van der Waals surface area (Å²) in [5.74, 6) is -2.09. The lowest BCUT2D eigenvalue weighted by molar-refractivity contribution is -0.135. The van der Waals surface area contributed by atoms with Crippen LogP contribution in [0.1, 0.15) is 29.2 Å². The first kappa shape index (κ1) is 13.9. The highest BCUT2D eigenvalue weighted by Crippen LogP contribution is 2.18. The summed E-state index contributed by atoms with van der Waals surface area (Å²) in [5.41, 5.74) is -0.200. The van der Waals surface area contributed by atoms with E-state index in [-0.39, 0.29) is 29.7 Å². The summed E-state index contributed by atoms with van der Waals surface area (Å²) in [7, 11) is 0. The third-order valence-electron chi connectivity index (χ3n) is 3.58. The molecule has 1 fully saturated rings. The van der Waals surface area contributed by atoms with E-state index in [1.54, 1.807) is 0 Å². The van der Waals surface area contributed by atoms with E-state index in [0.29, 0.717) is 5.52 Å². The first-order chi connectivity index (χ1) is 10.5. The predicted molar refractivity (Wildman–Crippen MR) is 74.4 cm³/mol. The zero-order chi connectivity index (χ0) is 15.9. The van der Waals surface area contributed by atoms with Gasteiger partial charge in [-0.05, 0) is 24.6 Å². The van der Waals surface area contributed by atoms with Gasteiger partial charge in [0.15, 0.2) is 0 Å². The van der Waals surface area contributed by atoms with Crippen molar-refractivity contribution in [3.05, 3.63) is 40.4 Å². The Labute approximate surface area is 123 Å². The molecule has 2 N–H and O–H groups in total. The Hall–Kier alpha value is -3.03. The van der Waals surface area contributed by atoms with Crippen molar-refractivity contribution in [1.29, 1.82) is 0 Å². The lowest BCUT2D eigenvalue weighted by Crippen LogP contribution is -2.44. The molecule has 3 rings (SSSR count). The Morgan fingerprint density at radius 3 is 2.77 bits per heavy atom. The molecule has 112 valence electrons. The molecular formula is C14H11N3O5. The van der Waals surface area contributed by atoms with Crippen molar-refractivity contribution >= 4 is 28.7 Å². The summed E-state index contributed by atoms with van der Waals surface area (Å²) in [5, 5.41) is 11.3. The maximum Gasteiger partial charge on any atom is 0.335 e. The van der Waals surface area contributed by atoms with Crippen molar-refractivity contribution in [2.75, 3.05) is 0 Å². The number of nitrogens with zero attached hydrogens (tertiary/aromatic N) is 2. The van der Waals surface area contributed by atoms with Gasteiger partial charge in [0.1, 0.15) is 6.04 Å². The molecule has 0 aliphatic carbocycles. The van der Waals surface area contributed by atoms with Gasteiger partial charge in [-0.15, -0.1) is 0 Å².